The van der Waals surface area contributed by atoms with Crippen LogP contribution in [-0.4, -0.2) is 35.9 Å². The zero-order chi connectivity index (χ0) is 20.0. The van der Waals surface area contributed by atoms with E-state index in [-0.39, 0.29) is 6.54 Å². The Balaban J connectivity index is 1.34. The highest BCUT2D eigenvalue weighted by molar-refractivity contribution is 6.10. The Hall–Kier alpha value is -3.35. The van der Waals surface area contributed by atoms with Crippen molar-refractivity contribution in [3.05, 3.63) is 59.2 Å². The van der Waals surface area contributed by atoms with E-state index in [0.717, 1.165) is 24.2 Å². The molecule has 1 spiro atoms. The van der Waals surface area contributed by atoms with Crippen molar-refractivity contribution in [2.24, 2.45) is 0 Å². The molecule has 148 valence electrons. The molecule has 2 heterocycles. The number of hydrogen-bond donors (Lipinski definition) is 2. The Kier molecular flexibility index (Phi) is 4.04. The zero-order valence-corrected chi connectivity index (χ0v) is 15.9. The van der Waals surface area contributed by atoms with E-state index in [9.17, 15) is 14.4 Å². The molecule has 5 rings (SSSR count). The summed E-state index contributed by atoms with van der Waals surface area (Å²) >= 11 is 0. The maximum Gasteiger partial charge on any atom is 0.325 e. The van der Waals surface area contributed by atoms with Crippen molar-refractivity contribution in [1.82, 2.24) is 10.2 Å². The summed E-state index contributed by atoms with van der Waals surface area (Å²) in [5.74, 6) is -0.233. The van der Waals surface area contributed by atoms with E-state index in [1.165, 1.54) is 11.1 Å². The second kappa shape index (κ2) is 6.62. The van der Waals surface area contributed by atoms with Gasteiger partial charge >= 0.3 is 6.03 Å². The molecule has 2 N–H and O–H groups in total. The number of hydrogen-bond acceptors (Lipinski definition) is 4. The molecule has 0 unspecified atom stereocenters. The Morgan fingerprint density at radius 1 is 1.14 bits per heavy atom. The van der Waals surface area contributed by atoms with Crippen LogP contribution < -0.4 is 15.4 Å². The van der Waals surface area contributed by atoms with Crippen LogP contribution in [0.4, 0.5) is 10.5 Å². The number of carbonyl (C=O) groups excluding carboxylic acids is 3. The van der Waals surface area contributed by atoms with Gasteiger partial charge < -0.3 is 15.4 Å². The highest BCUT2D eigenvalue weighted by atomic mass is 16.5. The van der Waals surface area contributed by atoms with Gasteiger partial charge in [-0.15, -0.1) is 0 Å². The summed E-state index contributed by atoms with van der Waals surface area (Å²) in [6.45, 7) is -0.00921. The van der Waals surface area contributed by atoms with Crippen molar-refractivity contribution in [3.8, 4) is 5.75 Å². The molecule has 2 aliphatic heterocycles. The van der Waals surface area contributed by atoms with Gasteiger partial charge in [0.15, 0.2) is 5.54 Å². The molecule has 1 atom stereocenters. The number of ether oxygens (including phenoxy) is 1. The van der Waals surface area contributed by atoms with Gasteiger partial charge in [-0.2, -0.15) is 0 Å². The molecule has 0 radical (unpaired) electrons. The average molecular weight is 391 g/mol. The summed E-state index contributed by atoms with van der Waals surface area (Å²) in [5.41, 5.74) is 2.72. The van der Waals surface area contributed by atoms with E-state index in [2.05, 4.69) is 10.6 Å². The Morgan fingerprint density at radius 3 is 2.86 bits per heavy atom. The lowest BCUT2D eigenvalue weighted by atomic mass is 9.84. The lowest BCUT2D eigenvalue weighted by molar-refractivity contribution is -0.135. The van der Waals surface area contributed by atoms with Gasteiger partial charge in [-0.1, -0.05) is 24.3 Å². The lowest BCUT2D eigenvalue weighted by Crippen LogP contribution is -2.48. The molecule has 1 fully saturated rings. The number of anilines is 1. The maximum atomic E-state index is 13.2. The van der Waals surface area contributed by atoms with Crippen LogP contribution >= 0.6 is 0 Å². The van der Waals surface area contributed by atoms with Crippen LogP contribution in [0, 0.1) is 0 Å². The number of carbonyl (C=O) groups is 3. The molecule has 4 amide bonds. The van der Waals surface area contributed by atoms with Gasteiger partial charge in [0.2, 0.25) is 5.91 Å². The summed E-state index contributed by atoms with van der Waals surface area (Å²) in [7, 11) is 0. The molecular weight excluding hydrogens is 370 g/mol. The Bertz CT molecular complexity index is 1030. The monoisotopic (exact) mass is 391 g/mol. The number of aryl methyl sites for hydroxylation is 2. The number of urea groups is 1. The van der Waals surface area contributed by atoms with Gasteiger partial charge in [-0.3, -0.25) is 14.5 Å². The summed E-state index contributed by atoms with van der Waals surface area (Å²) in [6, 6.07) is 12.5. The van der Waals surface area contributed by atoms with Crippen LogP contribution in [-0.2, 0) is 28.0 Å². The fraction of sp³-hybridized carbons (Fsp3) is 0.318. The van der Waals surface area contributed by atoms with Gasteiger partial charge in [0.25, 0.3) is 5.91 Å². The van der Waals surface area contributed by atoms with Gasteiger partial charge in [0, 0.05) is 17.7 Å². The van der Waals surface area contributed by atoms with Crippen LogP contribution in [0.2, 0.25) is 0 Å². The van der Waals surface area contributed by atoms with Crippen LogP contribution in [0.15, 0.2) is 42.5 Å². The minimum Gasteiger partial charge on any atom is -0.493 e. The van der Waals surface area contributed by atoms with Crippen molar-refractivity contribution < 1.29 is 19.1 Å². The molecule has 29 heavy (non-hydrogen) atoms. The Morgan fingerprint density at radius 2 is 1.97 bits per heavy atom. The van der Waals surface area contributed by atoms with Crippen molar-refractivity contribution in [2.75, 3.05) is 18.5 Å². The first kappa shape index (κ1) is 17.7. The number of rotatable bonds is 3. The summed E-state index contributed by atoms with van der Waals surface area (Å²) in [5, 5.41) is 5.62. The second-order valence-electron chi connectivity index (χ2n) is 7.71. The van der Waals surface area contributed by atoms with Crippen molar-refractivity contribution >= 4 is 23.5 Å². The molecular formula is C22H21N3O4. The van der Waals surface area contributed by atoms with Crippen molar-refractivity contribution in [3.63, 3.8) is 0 Å². The van der Waals surface area contributed by atoms with E-state index in [1.807, 2.05) is 24.3 Å². The summed E-state index contributed by atoms with van der Waals surface area (Å²) < 4.78 is 5.62. The number of nitrogens with zero attached hydrogens (tertiary/aromatic N) is 1. The normalized spacial score (nSPS) is 22.1. The molecule has 1 aliphatic carbocycles. The lowest BCUT2D eigenvalue weighted by Gasteiger charge is -2.33. The number of fused-ring (bicyclic) bond motifs is 3. The molecule has 2 aromatic carbocycles. The largest absolute Gasteiger partial charge is 0.493 e. The van der Waals surface area contributed by atoms with Crippen LogP contribution in [0.3, 0.4) is 0 Å². The minimum atomic E-state index is -1.17. The third-order valence-electron chi connectivity index (χ3n) is 5.94. The third-order valence-corrected chi connectivity index (χ3v) is 5.94. The smallest absolute Gasteiger partial charge is 0.325 e. The van der Waals surface area contributed by atoms with Crippen LogP contribution in [0.1, 0.15) is 29.5 Å². The molecule has 7 heteroatoms. The average Bonchev–Trinajstić information content (AvgIpc) is 3.27. The minimum absolute atomic E-state index is 0.318. The quantitative estimate of drug-likeness (QED) is 0.787. The number of amides is 4. The maximum absolute atomic E-state index is 13.2. The predicted octanol–water partition coefficient (Wildman–Crippen LogP) is 2.34. The highest BCUT2D eigenvalue weighted by Crippen LogP contribution is 2.40. The van der Waals surface area contributed by atoms with E-state index in [0.29, 0.717) is 30.0 Å². The predicted molar refractivity (Wildman–Crippen MR) is 106 cm³/mol. The molecule has 2 aromatic rings. The first-order chi connectivity index (χ1) is 14.1. The molecule has 3 aliphatic rings. The number of imide groups is 1. The van der Waals surface area contributed by atoms with E-state index < -0.39 is 23.4 Å². The summed E-state index contributed by atoms with van der Waals surface area (Å²) in [4.78, 5) is 39.3. The van der Waals surface area contributed by atoms with Gasteiger partial charge in [0.05, 0.1) is 6.61 Å². The number of benzene rings is 2. The van der Waals surface area contributed by atoms with Crippen LogP contribution in [0.5, 0.6) is 5.75 Å². The van der Waals surface area contributed by atoms with E-state index >= 15 is 0 Å². The molecule has 0 bridgehead atoms. The van der Waals surface area contributed by atoms with Gasteiger partial charge in [-0.25, -0.2) is 4.79 Å². The molecule has 0 saturated carbocycles. The highest BCUT2D eigenvalue weighted by Gasteiger charge is 2.55. The molecule has 7 nitrogen and oxygen atoms in total. The SMILES string of the molecule is O=C(CN1C(=O)N[C@]2(CCOc3ccccc32)C1=O)Nc1ccc2c(c1)CCC2. The number of para-hydroxylation sites is 1. The number of nitrogens with one attached hydrogen (secondary N) is 2. The fourth-order valence-electron chi connectivity index (χ4n) is 4.51. The molecule has 0 aromatic heterocycles. The van der Waals surface area contributed by atoms with Crippen molar-refractivity contribution in [2.45, 2.75) is 31.2 Å². The zero-order valence-electron chi connectivity index (χ0n) is 15.9. The van der Waals surface area contributed by atoms with E-state index in [4.69, 9.17) is 4.74 Å². The van der Waals surface area contributed by atoms with Gasteiger partial charge in [-0.05, 0) is 48.6 Å². The topological polar surface area (TPSA) is 87.7 Å². The van der Waals surface area contributed by atoms with Crippen LogP contribution in [0.25, 0.3) is 0 Å². The first-order valence-corrected chi connectivity index (χ1v) is 9.85. The van der Waals surface area contributed by atoms with Crippen molar-refractivity contribution in [1.29, 1.82) is 0 Å². The molecule has 1 saturated heterocycles. The fourth-order valence-corrected chi connectivity index (χ4v) is 4.51. The van der Waals surface area contributed by atoms with E-state index in [1.54, 1.807) is 18.2 Å². The Labute approximate surface area is 168 Å². The second-order valence-corrected chi connectivity index (χ2v) is 7.71. The standard InChI is InChI=1S/C22H21N3O4/c26-19(23-16-9-8-14-4-3-5-15(14)12-16)13-25-20(27)22(24-21(25)28)10-11-29-18-7-2-1-6-17(18)22/h1-2,6-9,12H,3-5,10-11,13H2,(H,23,26)(H,24,28)/t22-/m0/s1. The first-order valence-electron chi connectivity index (χ1n) is 9.85. The van der Waals surface area contributed by atoms with Gasteiger partial charge in [0.1, 0.15) is 12.3 Å². The summed E-state index contributed by atoms with van der Waals surface area (Å²) in [6.07, 6.45) is 3.54. The third kappa shape index (κ3) is 2.85.